The van der Waals surface area contributed by atoms with Crippen LogP contribution in [0.15, 0.2) is 0 Å². The lowest BCUT2D eigenvalue weighted by molar-refractivity contribution is 0.310. The second-order valence-electron chi connectivity index (χ2n) is 5.95. The molecule has 0 N–H and O–H groups in total. The lowest BCUT2D eigenvalue weighted by atomic mass is 9.87. The normalized spacial score (nSPS) is 16.6. The first-order valence-electron chi connectivity index (χ1n) is 7.96. The maximum atomic E-state index is 6.09. The van der Waals surface area contributed by atoms with Crippen molar-refractivity contribution in [3.05, 3.63) is 5.28 Å². The van der Waals surface area contributed by atoms with Gasteiger partial charge in [-0.2, -0.15) is 15.0 Å². The minimum atomic E-state index is 0.285. The molecule has 1 fully saturated rings. The summed E-state index contributed by atoms with van der Waals surface area (Å²) in [4.78, 5) is 17.5. The molecule has 1 aliphatic heterocycles. The van der Waals surface area contributed by atoms with Crippen molar-refractivity contribution in [1.29, 1.82) is 0 Å². The van der Waals surface area contributed by atoms with Crippen LogP contribution in [0.3, 0.4) is 0 Å². The van der Waals surface area contributed by atoms with Gasteiger partial charge in [0, 0.05) is 26.2 Å². The second-order valence-corrected chi connectivity index (χ2v) is 6.28. The van der Waals surface area contributed by atoms with Crippen LogP contribution < -0.4 is 9.80 Å². The topological polar surface area (TPSA) is 45.2 Å². The molecule has 0 aromatic carbocycles. The first kappa shape index (κ1) is 16.3. The zero-order chi connectivity index (χ0) is 15.4. The monoisotopic (exact) mass is 311 g/mol. The summed E-state index contributed by atoms with van der Waals surface area (Å²) in [6.07, 6.45) is 2.39. The first-order valence-corrected chi connectivity index (χ1v) is 8.34. The van der Waals surface area contributed by atoms with E-state index in [2.05, 4.69) is 52.4 Å². The van der Waals surface area contributed by atoms with Gasteiger partial charge in [-0.3, -0.25) is 0 Å². The van der Waals surface area contributed by atoms with Crippen molar-refractivity contribution in [3.8, 4) is 0 Å². The Hall–Kier alpha value is -1.10. The van der Waals surface area contributed by atoms with Gasteiger partial charge in [-0.05, 0) is 50.1 Å². The van der Waals surface area contributed by atoms with E-state index in [9.17, 15) is 0 Å². The van der Waals surface area contributed by atoms with Gasteiger partial charge in [0.05, 0.1) is 0 Å². The van der Waals surface area contributed by atoms with Gasteiger partial charge < -0.3 is 9.80 Å². The summed E-state index contributed by atoms with van der Waals surface area (Å²) in [5.41, 5.74) is 0. The van der Waals surface area contributed by atoms with E-state index in [0.29, 0.717) is 5.95 Å². The van der Waals surface area contributed by atoms with E-state index in [1.54, 1.807) is 0 Å². The van der Waals surface area contributed by atoms with Gasteiger partial charge >= 0.3 is 0 Å². The number of hydrogen-bond acceptors (Lipinski definition) is 5. The number of rotatable bonds is 5. The van der Waals surface area contributed by atoms with Crippen LogP contribution in [-0.2, 0) is 0 Å². The van der Waals surface area contributed by atoms with Crippen molar-refractivity contribution < 1.29 is 0 Å². The third kappa shape index (κ3) is 3.96. The number of halogens is 1. The molecule has 21 heavy (non-hydrogen) atoms. The largest absolute Gasteiger partial charge is 0.341 e. The van der Waals surface area contributed by atoms with E-state index < -0.39 is 0 Å². The molecule has 6 heteroatoms. The lowest BCUT2D eigenvalue weighted by Crippen LogP contribution is -2.37. The maximum Gasteiger partial charge on any atom is 0.231 e. The molecule has 2 heterocycles. The molecule has 0 aliphatic carbocycles. The molecule has 1 saturated heterocycles. The maximum absolute atomic E-state index is 6.09. The van der Waals surface area contributed by atoms with E-state index in [4.69, 9.17) is 11.6 Å². The SMILES string of the molecule is CCN(CC)c1nc(Cl)nc(N2CCC(C(C)C)CC2)n1. The van der Waals surface area contributed by atoms with Gasteiger partial charge in [0.25, 0.3) is 0 Å². The highest BCUT2D eigenvalue weighted by Gasteiger charge is 2.24. The van der Waals surface area contributed by atoms with Crippen LogP contribution in [0, 0.1) is 11.8 Å². The van der Waals surface area contributed by atoms with Crippen LogP contribution in [0.4, 0.5) is 11.9 Å². The van der Waals surface area contributed by atoms with Crippen molar-refractivity contribution >= 4 is 23.5 Å². The van der Waals surface area contributed by atoms with Crippen LogP contribution >= 0.6 is 11.6 Å². The van der Waals surface area contributed by atoms with Gasteiger partial charge in [0.2, 0.25) is 17.2 Å². The molecule has 1 aromatic rings. The van der Waals surface area contributed by atoms with Crippen LogP contribution in [0.1, 0.15) is 40.5 Å². The van der Waals surface area contributed by atoms with Crippen molar-refractivity contribution in [2.75, 3.05) is 36.0 Å². The van der Waals surface area contributed by atoms with E-state index in [1.807, 2.05) is 0 Å². The smallest absolute Gasteiger partial charge is 0.231 e. The van der Waals surface area contributed by atoms with Gasteiger partial charge in [-0.15, -0.1) is 0 Å². The zero-order valence-electron chi connectivity index (χ0n) is 13.5. The summed E-state index contributed by atoms with van der Waals surface area (Å²) in [5, 5.41) is 0.285. The van der Waals surface area contributed by atoms with Gasteiger partial charge in [-0.25, -0.2) is 0 Å². The Kier molecular flexibility index (Phi) is 5.62. The van der Waals surface area contributed by atoms with E-state index in [1.165, 1.54) is 12.8 Å². The predicted molar refractivity (Wildman–Crippen MR) is 88.2 cm³/mol. The highest BCUT2D eigenvalue weighted by atomic mass is 35.5. The van der Waals surface area contributed by atoms with Crippen molar-refractivity contribution in [1.82, 2.24) is 15.0 Å². The molecule has 0 spiro atoms. The average Bonchev–Trinajstić information content (AvgIpc) is 2.48. The zero-order valence-corrected chi connectivity index (χ0v) is 14.3. The Labute approximate surface area is 132 Å². The Morgan fingerprint density at radius 3 is 2.29 bits per heavy atom. The van der Waals surface area contributed by atoms with Crippen LogP contribution in [0.5, 0.6) is 0 Å². The molecule has 0 bridgehead atoms. The van der Waals surface area contributed by atoms with Crippen LogP contribution in [0.25, 0.3) is 0 Å². The molecule has 2 rings (SSSR count). The Balaban J connectivity index is 2.13. The molecule has 5 nitrogen and oxygen atoms in total. The minimum Gasteiger partial charge on any atom is -0.341 e. The fourth-order valence-corrected chi connectivity index (χ4v) is 3.04. The van der Waals surface area contributed by atoms with Gasteiger partial charge in [0.1, 0.15) is 0 Å². The van der Waals surface area contributed by atoms with Crippen molar-refractivity contribution in [2.45, 2.75) is 40.5 Å². The lowest BCUT2D eigenvalue weighted by Gasteiger charge is -2.34. The van der Waals surface area contributed by atoms with E-state index >= 15 is 0 Å². The molecular weight excluding hydrogens is 286 g/mol. The second kappa shape index (κ2) is 7.25. The summed E-state index contributed by atoms with van der Waals surface area (Å²) in [7, 11) is 0. The summed E-state index contributed by atoms with van der Waals surface area (Å²) in [6, 6.07) is 0. The van der Waals surface area contributed by atoms with Gasteiger partial charge in [-0.1, -0.05) is 13.8 Å². The summed E-state index contributed by atoms with van der Waals surface area (Å²) < 4.78 is 0. The molecule has 0 saturated carbocycles. The van der Waals surface area contributed by atoms with Crippen molar-refractivity contribution in [2.24, 2.45) is 11.8 Å². The average molecular weight is 312 g/mol. The quantitative estimate of drug-likeness (QED) is 0.835. The third-order valence-electron chi connectivity index (χ3n) is 4.40. The number of anilines is 2. The Morgan fingerprint density at radius 2 is 1.76 bits per heavy atom. The van der Waals surface area contributed by atoms with Crippen LogP contribution in [-0.4, -0.2) is 41.1 Å². The highest BCUT2D eigenvalue weighted by molar-refractivity contribution is 6.28. The molecule has 1 aliphatic rings. The minimum absolute atomic E-state index is 0.285. The summed E-state index contributed by atoms with van der Waals surface area (Å²) >= 11 is 6.09. The highest BCUT2D eigenvalue weighted by Crippen LogP contribution is 2.27. The molecular formula is C15H26ClN5. The summed E-state index contributed by atoms with van der Waals surface area (Å²) in [5.74, 6) is 2.96. The number of piperidine rings is 1. The molecule has 0 amide bonds. The number of nitrogens with zero attached hydrogens (tertiary/aromatic N) is 5. The molecule has 1 aromatic heterocycles. The number of hydrogen-bond donors (Lipinski definition) is 0. The summed E-state index contributed by atoms with van der Waals surface area (Å²) in [6.45, 7) is 12.5. The molecule has 0 unspecified atom stereocenters. The Bertz CT molecular complexity index is 453. The first-order chi connectivity index (χ1) is 10.0. The van der Waals surface area contributed by atoms with Crippen molar-refractivity contribution in [3.63, 3.8) is 0 Å². The standard InChI is InChI=1S/C15H26ClN5/c1-5-20(6-2)14-17-13(16)18-15(19-14)21-9-7-12(8-10-21)11(3)4/h11-12H,5-10H2,1-4H3. The number of aromatic nitrogens is 3. The van der Waals surface area contributed by atoms with E-state index in [-0.39, 0.29) is 5.28 Å². The third-order valence-corrected chi connectivity index (χ3v) is 4.57. The van der Waals surface area contributed by atoms with Gasteiger partial charge in [0.15, 0.2) is 0 Å². The Morgan fingerprint density at radius 1 is 1.14 bits per heavy atom. The van der Waals surface area contributed by atoms with Crippen LogP contribution in [0.2, 0.25) is 5.28 Å². The molecule has 0 atom stereocenters. The predicted octanol–water partition coefficient (Wildman–Crippen LogP) is 3.24. The fourth-order valence-electron chi connectivity index (χ4n) is 2.88. The molecule has 118 valence electrons. The molecule has 0 radical (unpaired) electrons. The van der Waals surface area contributed by atoms with E-state index in [0.717, 1.165) is 44.0 Å². The fraction of sp³-hybridized carbons (Fsp3) is 0.800.